The van der Waals surface area contributed by atoms with E-state index in [2.05, 4.69) is 16.8 Å². The molecule has 0 aromatic carbocycles. The molecule has 0 radical (unpaired) electrons. The fraction of sp³-hybridized carbons (Fsp3) is 0.643. The van der Waals surface area contributed by atoms with Crippen LogP contribution in [-0.4, -0.2) is 17.6 Å². The lowest BCUT2D eigenvalue weighted by Gasteiger charge is -2.37. The Morgan fingerprint density at radius 2 is 2.33 bits per heavy atom. The van der Waals surface area contributed by atoms with Crippen molar-refractivity contribution in [2.24, 2.45) is 5.73 Å². The lowest BCUT2D eigenvalue weighted by Crippen LogP contribution is -2.40. The van der Waals surface area contributed by atoms with E-state index in [1.165, 1.54) is 6.42 Å². The smallest absolute Gasteiger partial charge is 0.170 e. The summed E-state index contributed by atoms with van der Waals surface area (Å²) in [6.07, 6.45) is 7.39. The Kier molecular flexibility index (Phi) is 4.53. The van der Waals surface area contributed by atoms with E-state index in [0.717, 1.165) is 32.2 Å². The number of anilines is 1. The number of hydrogen-bond acceptors (Lipinski definition) is 3. The number of hydrogen-bond donors (Lipinski definition) is 1. The molecular formula is C14H22FN3. The summed E-state index contributed by atoms with van der Waals surface area (Å²) in [6.45, 7) is 3.31. The monoisotopic (exact) mass is 251 g/mol. The molecule has 0 bridgehead atoms. The molecular weight excluding hydrogens is 229 g/mol. The van der Waals surface area contributed by atoms with Crippen LogP contribution in [0.3, 0.4) is 0 Å². The first-order valence-electron chi connectivity index (χ1n) is 6.88. The van der Waals surface area contributed by atoms with Crippen LogP contribution in [0.2, 0.25) is 0 Å². The highest BCUT2D eigenvalue weighted by Crippen LogP contribution is 2.28. The Bertz CT molecular complexity index is 393. The van der Waals surface area contributed by atoms with Gasteiger partial charge in [-0.3, -0.25) is 0 Å². The summed E-state index contributed by atoms with van der Waals surface area (Å²) in [5.41, 5.74) is 6.11. The van der Waals surface area contributed by atoms with E-state index >= 15 is 0 Å². The molecule has 100 valence electrons. The Labute approximate surface area is 108 Å². The lowest BCUT2D eigenvalue weighted by atomic mass is 9.98. The average molecular weight is 251 g/mol. The number of nitrogens with zero attached hydrogens (tertiary/aromatic N) is 2. The molecule has 1 atom stereocenters. The first kappa shape index (κ1) is 13.3. The highest BCUT2D eigenvalue weighted by atomic mass is 19.1. The molecule has 4 heteroatoms. The first-order chi connectivity index (χ1) is 8.77. The van der Waals surface area contributed by atoms with Gasteiger partial charge in [-0.2, -0.15) is 0 Å². The van der Waals surface area contributed by atoms with Gasteiger partial charge in [-0.1, -0.05) is 13.3 Å². The predicted octanol–water partition coefficient (Wildman–Crippen LogP) is 2.84. The van der Waals surface area contributed by atoms with Crippen LogP contribution >= 0.6 is 0 Å². The summed E-state index contributed by atoms with van der Waals surface area (Å²) in [6, 6.07) is 2.09. The first-order valence-corrected chi connectivity index (χ1v) is 6.88. The molecule has 1 aromatic heterocycles. The maximum atomic E-state index is 14.3. The van der Waals surface area contributed by atoms with Crippen LogP contribution in [0.4, 0.5) is 10.2 Å². The van der Waals surface area contributed by atoms with Gasteiger partial charge < -0.3 is 10.6 Å². The van der Waals surface area contributed by atoms with Crippen LogP contribution in [0.5, 0.6) is 0 Å². The van der Waals surface area contributed by atoms with Crippen LogP contribution < -0.4 is 10.6 Å². The van der Waals surface area contributed by atoms with Gasteiger partial charge in [0.2, 0.25) is 0 Å². The van der Waals surface area contributed by atoms with E-state index in [1.54, 1.807) is 12.3 Å². The topological polar surface area (TPSA) is 42.2 Å². The summed E-state index contributed by atoms with van der Waals surface area (Å²) >= 11 is 0. The fourth-order valence-corrected chi connectivity index (χ4v) is 2.74. The molecule has 1 saturated heterocycles. The van der Waals surface area contributed by atoms with Crippen molar-refractivity contribution in [2.45, 2.75) is 51.6 Å². The van der Waals surface area contributed by atoms with Gasteiger partial charge in [0.05, 0.1) is 0 Å². The van der Waals surface area contributed by atoms with Crippen LogP contribution in [0.1, 0.15) is 44.6 Å². The molecule has 1 unspecified atom stereocenters. The minimum atomic E-state index is -0.233. The van der Waals surface area contributed by atoms with Crippen molar-refractivity contribution in [3.63, 3.8) is 0 Å². The van der Waals surface area contributed by atoms with Crippen molar-refractivity contribution in [3.05, 3.63) is 23.6 Å². The van der Waals surface area contributed by atoms with E-state index in [9.17, 15) is 4.39 Å². The molecule has 0 spiro atoms. The second-order valence-electron chi connectivity index (χ2n) is 4.94. The molecule has 1 aliphatic rings. The zero-order valence-corrected chi connectivity index (χ0v) is 11.0. The van der Waals surface area contributed by atoms with E-state index in [4.69, 9.17) is 5.73 Å². The third kappa shape index (κ3) is 2.64. The molecule has 2 N–H and O–H groups in total. The van der Waals surface area contributed by atoms with Gasteiger partial charge in [0.1, 0.15) is 0 Å². The Morgan fingerprint density at radius 3 is 3.06 bits per heavy atom. The Morgan fingerprint density at radius 1 is 1.50 bits per heavy atom. The molecule has 18 heavy (non-hydrogen) atoms. The van der Waals surface area contributed by atoms with Gasteiger partial charge in [-0.25, -0.2) is 9.37 Å². The highest BCUT2D eigenvalue weighted by molar-refractivity contribution is 5.44. The van der Waals surface area contributed by atoms with Gasteiger partial charge in [-0.05, 0) is 31.7 Å². The minimum Gasteiger partial charge on any atom is -0.351 e. The van der Waals surface area contributed by atoms with Crippen LogP contribution in [0.15, 0.2) is 12.3 Å². The summed E-state index contributed by atoms with van der Waals surface area (Å²) in [5.74, 6) is 0.263. The minimum absolute atomic E-state index is 0.230. The molecule has 1 fully saturated rings. The van der Waals surface area contributed by atoms with Crippen molar-refractivity contribution in [2.75, 3.05) is 11.4 Å². The second kappa shape index (κ2) is 6.14. The van der Waals surface area contributed by atoms with Crippen molar-refractivity contribution in [1.82, 2.24) is 4.98 Å². The van der Waals surface area contributed by atoms with Gasteiger partial charge >= 0.3 is 0 Å². The number of piperidine rings is 1. The summed E-state index contributed by atoms with van der Waals surface area (Å²) in [4.78, 5) is 6.38. The van der Waals surface area contributed by atoms with Crippen molar-refractivity contribution in [1.29, 1.82) is 0 Å². The quantitative estimate of drug-likeness (QED) is 0.894. The molecule has 0 aliphatic carbocycles. The van der Waals surface area contributed by atoms with Crippen molar-refractivity contribution in [3.8, 4) is 0 Å². The normalized spacial score (nSPS) is 20.2. The van der Waals surface area contributed by atoms with E-state index in [0.29, 0.717) is 17.4 Å². The largest absolute Gasteiger partial charge is 0.351 e. The van der Waals surface area contributed by atoms with Crippen LogP contribution in [0, 0.1) is 5.82 Å². The number of pyridine rings is 1. The summed E-state index contributed by atoms with van der Waals surface area (Å²) < 4.78 is 14.3. The van der Waals surface area contributed by atoms with E-state index < -0.39 is 0 Å². The number of aromatic nitrogens is 1. The Hall–Kier alpha value is -1.16. The molecule has 1 aromatic rings. The second-order valence-corrected chi connectivity index (χ2v) is 4.94. The number of rotatable bonds is 4. The summed E-state index contributed by atoms with van der Waals surface area (Å²) in [7, 11) is 0. The maximum Gasteiger partial charge on any atom is 0.170 e. The molecule has 0 amide bonds. The Balaban J connectivity index is 2.27. The molecule has 2 rings (SSSR count). The third-order valence-corrected chi connectivity index (χ3v) is 3.69. The highest BCUT2D eigenvalue weighted by Gasteiger charge is 2.25. The van der Waals surface area contributed by atoms with Crippen LogP contribution in [0.25, 0.3) is 0 Å². The summed E-state index contributed by atoms with van der Waals surface area (Å²) in [5, 5.41) is 0. The van der Waals surface area contributed by atoms with Crippen molar-refractivity contribution >= 4 is 5.82 Å². The number of nitrogens with two attached hydrogens (primary N) is 1. The zero-order valence-electron chi connectivity index (χ0n) is 11.0. The maximum absolute atomic E-state index is 14.3. The van der Waals surface area contributed by atoms with Gasteiger partial charge in [0.25, 0.3) is 0 Å². The predicted molar refractivity (Wildman–Crippen MR) is 72.0 cm³/mol. The van der Waals surface area contributed by atoms with E-state index in [1.807, 2.05) is 0 Å². The van der Waals surface area contributed by atoms with Crippen molar-refractivity contribution < 1.29 is 4.39 Å². The molecule has 3 nitrogen and oxygen atoms in total. The lowest BCUT2D eigenvalue weighted by molar-refractivity contribution is 0.424. The molecule has 1 aliphatic heterocycles. The van der Waals surface area contributed by atoms with Gasteiger partial charge in [0.15, 0.2) is 11.6 Å². The van der Waals surface area contributed by atoms with E-state index in [-0.39, 0.29) is 12.4 Å². The SMILES string of the molecule is CCCC1CCCCN1c1nccc(CN)c1F. The molecule has 2 heterocycles. The number of halogens is 1. The standard InChI is InChI=1S/C14H22FN3/c1-2-5-12-6-3-4-9-18(12)14-13(15)11(10-16)7-8-17-14/h7-8,12H,2-6,9-10,16H2,1H3. The third-order valence-electron chi connectivity index (χ3n) is 3.69. The van der Waals surface area contributed by atoms with Gasteiger partial charge in [-0.15, -0.1) is 0 Å². The van der Waals surface area contributed by atoms with Gasteiger partial charge in [0, 0.05) is 30.9 Å². The van der Waals surface area contributed by atoms with Crippen LogP contribution in [-0.2, 0) is 6.54 Å². The molecule has 0 saturated carbocycles. The average Bonchev–Trinajstić information content (AvgIpc) is 2.40. The zero-order chi connectivity index (χ0) is 13.0. The fourth-order valence-electron chi connectivity index (χ4n) is 2.74.